The van der Waals surface area contributed by atoms with Crippen LogP contribution in [0.15, 0.2) is 51.5 Å². The Labute approximate surface area is 169 Å². The number of nitrogens with zero attached hydrogens (tertiary/aromatic N) is 4. The van der Waals surface area contributed by atoms with Crippen molar-refractivity contribution in [1.82, 2.24) is 25.5 Å². The van der Waals surface area contributed by atoms with Crippen LogP contribution in [0.3, 0.4) is 0 Å². The summed E-state index contributed by atoms with van der Waals surface area (Å²) in [5.41, 5.74) is 3.47. The highest BCUT2D eigenvalue weighted by atomic mass is 79.9. The average molecular weight is 440 g/mol. The molecule has 0 unspecified atom stereocenters. The van der Waals surface area contributed by atoms with Crippen molar-refractivity contribution in [2.75, 3.05) is 6.54 Å². The molecule has 0 fully saturated rings. The van der Waals surface area contributed by atoms with Gasteiger partial charge in [0.25, 0.3) is 5.91 Å². The van der Waals surface area contributed by atoms with Crippen LogP contribution in [0.25, 0.3) is 27.9 Å². The van der Waals surface area contributed by atoms with Crippen LogP contribution in [-0.2, 0) is 0 Å². The fourth-order valence-electron chi connectivity index (χ4n) is 2.98. The Balaban J connectivity index is 1.74. The molecule has 2 aromatic carbocycles. The molecule has 0 saturated heterocycles. The molecule has 0 spiro atoms. The molecule has 0 aliphatic rings. The third-order valence-corrected chi connectivity index (χ3v) is 4.98. The van der Waals surface area contributed by atoms with Gasteiger partial charge < -0.3 is 9.84 Å². The first-order valence-electron chi connectivity index (χ1n) is 8.94. The van der Waals surface area contributed by atoms with Gasteiger partial charge in [0.2, 0.25) is 0 Å². The second-order valence-corrected chi connectivity index (χ2v) is 7.33. The molecule has 4 aromatic rings. The molecule has 0 saturated carbocycles. The quantitative estimate of drug-likeness (QED) is 0.501. The highest BCUT2D eigenvalue weighted by Gasteiger charge is 2.18. The van der Waals surface area contributed by atoms with E-state index in [4.69, 9.17) is 4.52 Å². The molecule has 0 bridgehead atoms. The Hall–Kier alpha value is -3.00. The molecule has 7 nitrogen and oxygen atoms in total. The number of benzene rings is 2. The van der Waals surface area contributed by atoms with Gasteiger partial charge in [0.05, 0.1) is 16.8 Å². The first-order chi connectivity index (χ1) is 13.6. The zero-order valence-electron chi connectivity index (χ0n) is 15.4. The maximum atomic E-state index is 12.3. The summed E-state index contributed by atoms with van der Waals surface area (Å²) in [6.45, 7) is 4.43. The Morgan fingerprint density at radius 3 is 2.75 bits per heavy atom. The summed E-state index contributed by atoms with van der Waals surface area (Å²) < 4.78 is 8.22. The van der Waals surface area contributed by atoms with Crippen molar-refractivity contribution < 1.29 is 9.32 Å². The number of amides is 1. The molecular weight excluding hydrogens is 422 g/mol. The molecule has 0 aliphatic heterocycles. The van der Waals surface area contributed by atoms with Crippen LogP contribution in [0.1, 0.15) is 29.5 Å². The number of carbonyl (C=O) groups excluding carboxylic acids is 1. The predicted molar refractivity (Wildman–Crippen MR) is 109 cm³/mol. The highest BCUT2D eigenvalue weighted by Crippen LogP contribution is 2.31. The van der Waals surface area contributed by atoms with E-state index in [-0.39, 0.29) is 5.91 Å². The molecule has 0 atom stereocenters. The molecule has 4 rings (SSSR count). The Bertz CT molecular complexity index is 1150. The zero-order chi connectivity index (χ0) is 19.7. The fraction of sp³-hybridized carbons (Fsp3) is 0.200. The maximum Gasteiger partial charge on any atom is 0.273 e. The van der Waals surface area contributed by atoms with Gasteiger partial charge >= 0.3 is 0 Å². The second kappa shape index (κ2) is 7.55. The maximum absolute atomic E-state index is 12.3. The van der Waals surface area contributed by atoms with Crippen LogP contribution in [0.5, 0.6) is 0 Å². The van der Waals surface area contributed by atoms with Crippen LogP contribution in [-0.4, -0.2) is 32.6 Å². The number of carbonyl (C=O) groups is 1. The van der Waals surface area contributed by atoms with E-state index in [9.17, 15) is 4.79 Å². The van der Waals surface area contributed by atoms with Crippen molar-refractivity contribution in [3.05, 3.63) is 58.3 Å². The van der Waals surface area contributed by atoms with Gasteiger partial charge in [-0.1, -0.05) is 33.2 Å². The van der Waals surface area contributed by atoms with Crippen molar-refractivity contribution in [2.45, 2.75) is 20.3 Å². The van der Waals surface area contributed by atoms with Crippen LogP contribution >= 0.6 is 15.9 Å². The molecule has 0 aliphatic carbocycles. The normalized spacial score (nSPS) is 11.1. The number of hydrogen-bond donors (Lipinski definition) is 1. The van der Waals surface area contributed by atoms with Gasteiger partial charge in [-0.2, -0.15) is 0 Å². The van der Waals surface area contributed by atoms with Gasteiger partial charge in [-0.05, 0) is 55.8 Å². The van der Waals surface area contributed by atoms with Gasteiger partial charge in [0.15, 0.2) is 11.5 Å². The minimum Gasteiger partial charge on any atom is -0.355 e. The van der Waals surface area contributed by atoms with Crippen molar-refractivity contribution in [2.24, 2.45) is 0 Å². The number of rotatable bonds is 5. The molecule has 1 N–H and O–H groups in total. The Morgan fingerprint density at radius 2 is 2.00 bits per heavy atom. The van der Waals surface area contributed by atoms with Gasteiger partial charge in [-0.3, -0.25) is 4.79 Å². The first kappa shape index (κ1) is 18.4. The highest BCUT2D eigenvalue weighted by molar-refractivity contribution is 9.10. The SMILES string of the molecule is CCCNC(=O)c1nnn(-c2ccc3noc(-c4ccc(Br)cc4)c3c2)c1C. The third kappa shape index (κ3) is 3.31. The summed E-state index contributed by atoms with van der Waals surface area (Å²) in [5.74, 6) is 0.468. The van der Waals surface area contributed by atoms with E-state index < -0.39 is 0 Å². The summed E-state index contributed by atoms with van der Waals surface area (Å²) in [7, 11) is 0. The van der Waals surface area contributed by atoms with Crippen molar-refractivity contribution in [3.8, 4) is 17.0 Å². The molecule has 1 amide bonds. The second-order valence-electron chi connectivity index (χ2n) is 6.41. The van der Waals surface area contributed by atoms with Crippen LogP contribution < -0.4 is 5.32 Å². The summed E-state index contributed by atoms with van der Waals surface area (Å²) >= 11 is 3.44. The number of aromatic nitrogens is 4. The Kier molecular flexibility index (Phi) is 4.95. The first-order valence-corrected chi connectivity index (χ1v) is 9.74. The predicted octanol–water partition coefficient (Wildman–Crippen LogP) is 4.29. The molecule has 8 heteroatoms. The number of fused-ring (bicyclic) bond motifs is 1. The van der Waals surface area contributed by atoms with Gasteiger partial charge in [-0.15, -0.1) is 5.10 Å². The molecule has 28 heavy (non-hydrogen) atoms. The standard InChI is InChI=1S/C20H18BrN5O2/c1-3-10-22-20(27)18-12(2)26(25-23-18)15-8-9-17-16(11-15)19(28-24-17)13-4-6-14(21)7-5-13/h4-9,11H,3,10H2,1-2H3,(H,22,27). The molecule has 2 heterocycles. The molecule has 0 radical (unpaired) electrons. The number of nitrogens with one attached hydrogen (secondary N) is 1. The number of hydrogen-bond acceptors (Lipinski definition) is 5. The van der Waals surface area contributed by atoms with Crippen molar-refractivity contribution in [3.63, 3.8) is 0 Å². The van der Waals surface area contributed by atoms with E-state index in [1.54, 1.807) is 4.68 Å². The average Bonchev–Trinajstić information content (AvgIpc) is 3.30. The van der Waals surface area contributed by atoms with Crippen LogP contribution in [0.2, 0.25) is 0 Å². The minimum atomic E-state index is -0.216. The van der Waals surface area contributed by atoms with E-state index in [1.165, 1.54) is 0 Å². The van der Waals surface area contributed by atoms with E-state index in [0.717, 1.165) is 33.0 Å². The van der Waals surface area contributed by atoms with Gasteiger partial charge in [0.1, 0.15) is 5.52 Å². The summed E-state index contributed by atoms with van der Waals surface area (Å²) in [5, 5.41) is 16.1. The monoisotopic (exact) mass is 439 g/mol. The minimum absolute atomic E-state index is 0.216. The third-order valence-electron chi connectivity index (χ3n) is 4.46. The van der Waals surface area contributed by atoms with E-state index in [1.807, 2.05) is 56.3 Å². The van der Waals surface area contributed by atoms with E-state index >= 15 is 0 Å². The van der Waals surface area contributed by atoms with E-state index in [0.29, 0.717) is 23.7 Å². The topological polar surface area (TPSA) is 85.8 Å². The lowest BCUT2D eigenvalue weighted by Crippen LogP contribution is -2.25. The fourth-order valence-corrected chi connectivity index (χ4v) is 3.24. The van der Waals surface area contributed by atoms with E-state index in [2.05, 4.69) is 36.7 Å². The van der Waals surface area contributed by atoms with Crippen molar-refractivity contribution in [1.29, 1.82) is 0 Å². The van der Waals surface area contributed by atoms with Crippen LogP contribution in [0.4, 0.5) is 0 Å². The van der Waals surface area contributed by atoms with Crippen molar-refractivity contribution >= 4 is 32.7 Å². The summed E-state index contributed by atoms with van der Waals surface area (Å²) in [6.07, 6.45) is 0.863. The lowest BCUT2D eigenvalue weighted by atomic mass is 10.1. The van der Waals surface area contributed by atoms with Gasteiger partial charge in [0, 0.05) is 16.6 Å². The number of halogens is 1. The summed E-state index contributed by atoms with van der Waals surface area (Å²) in [4.78, 5) is 12.3. The lowest BCUT2D eigenvalue weighted by molar-refractivity contribution is 0.0948. The molecular formula is C20H18BrN5O2. The smallest absolute Gasteiger partial charge is 0.273 e. The lowest BCUT2D eigenvalue weighted by Gasteiger charge is -2.05. The largest absolute Gasteiger partial charge is 0.355 e. The van der Waals surface area contributed by atoms with Crippen LogP contribution in [0, 0.1) is 6.92 Å². The summed E-state index contributed by atoms with van der Waals surface area (Å²) in [6, 6.07) is 13.5. The molecule has 2 aromatic heterocycles. The molecule has 142 valence electrons. The zero-order valence-corrected chi connectivity index (χ0v) is 17.0. The van der Waals surface area contributed by atoms with Gasteiger partial charge in [-0.25, -0.2) is 4.68 Å². The Morgan fingerprint density at radius 1 is 1.21 bits per heavy atom.